The van der Waals surface area contributed by atoms with Crippen molar-refractivity contribution in [2.45, 2.75) is 69.9 Å². The van der Waals surface area contributed by atoms with Crippen molar-refractivity contribution in [2.24, 2.45) is 0 Å². The predicted octanol–water partition coefficient (Wildman–Crippen LogP) is 4.88. The van der Waals surface area contributed by atoms with E-state index in [4.69, 9.17) is 18.9 Å². The summed E-state index contributed by atoms with van der Waals surface area (Å²) in [7, 11) is 3.08. The summed E-state index contributed by atoms with van der Waals surface area (Å²) in [4.78, 5) is 23.4. The van der Waals surface area contributed by atoms with Crippen molar-refractivity contribution in [3.8, 4) is 34.0 Å². The predicted molar refractivity (Wildman–Crippen MR) is 149 cm³/mol. The van der Waals surface area contributed by atoms with Gasteiger partial charge < -0.3 is 24.3 Å². The van der Waals surface area contributed by atoms with Crippen LogP contribution in [-0.4, -0.2) is 82.1 Å². The highest BCUT2D eigenvalue weighted by Gasteiger charge is 2.51. The average molecular weight is 567 g/mol. The van der Waals surface area contributed by atoms with Crippen molar-refractivity contribution in [1.29, 1.82) is 0 Å². The minimum atomic E-state index is -1.26. The highest BCUT2D eigenvalue weighted by atomic mass is 19.1. The van der Waals surface area contributed by atoms with Gasteiger partial charge in [0.25, 0.3) is 0 Å². The third kappa shape index (κ3) is 6.32. The number of nitrogens with one attached hydrogen (secondary N) is 1. The molecule has 3 aromatic rings. The van der Waals surface area contributed by atoms with E-state index < -0.39 is 29.9 Å². The van der Waals surface area contributed by atoms with E-state index in [9.17, 15) is 4.79 Å². The quantitative estimate of drug-likeness (QED) is 0.378. The Morgan fingerprint density at radius 1 is 1.10 bits per heavy atom. The Bertz CT molecular complexity index is 1370. The number of carbonyl (C=O) groups is 1. The lowest BCUT2D eigenvalue weighted by Crippen LogP contribution is -2.57. The minimum Gasteiger partial charge on any atom is -0.480 e. The molecule has 2 aliphatic rings. The summed E-state index contributed by atoms with van der Waals surface area (Å²) in [5.41, 5.74) is 2.32. The molecule has 5 rings (SSSR count). The van der Waals surface area contributed by atoms with E-state index in [1.165, 1.54) is 7.11 Å². The summed E-state index contributed by atoms with van der Waals surface area (Å²) in [6.45, 7) is 5.48. The number of nitrogens with zero attached hydrogens (tertiary/aromatic N) is 5. The monoisotopic (exact) mass is 566 g/mol. The molecule has 2 aromatic heterocycles. The Labute approximate surface area is 238 Å². The number of anilines is 1. The van der Waals surface area contributed by atoms with Crippen LogP contribution in [0.2, 0.25) is 0 Å². The molecule has 0 aliphatic carbocycles. The molecule has 0 spiro atoms. The van der Waals surface area contributed by atoms with Crippen LogP contribution in [0.4, 0.5) is 15.0 Å². The van der Waals surface area contributed by atoms with E-state index in [1.54, 1.807) is 36.7 Å². The van der Waals surface area contributed by atoms with Crippen LogP contribution >= 0.6 is 0 Å². The molecule has 11 nitrogen and oxygen atoms in total. The number of amides is 1. The van der Waals surface area contributed by atoms with Gasteiger partial charge in [0, 0.05) is 30.3 Å². The molecule has 0 radical (unpaired) electrons. The fourth-order valence-corrected chi connectivity index (χ4v) is 5.38. The first kappa shape index (κ1) is 28.5. The van der Waals surface area contributed by atoms with Crippen molar-refractivity contribution < 1.29 is 28.1 Å². The highest BCUT2D eigenvalue weighted by Crippen LogP contribution is 2.40. The van der Waals surface area contributed by atoms with Crippen LogP contribution in [0.5, 0.6) is 11.6 Å². The van der Waals surface area contributed by atoms with Gasteiger partial charge in [-0.05, 0) is 57.7 Å². The van der Waals surface area contributed by atoms with Crippen molar-refractivity contribution in [3.05, 3.63) is 42.9 Å². The van der Waals surface area contributed by atoms with Crippen LogP contribution in [0.3, 0.4) is 0 Å². The Hall–Kier alpha value is -4.06. The second kappa shape index (κ2) is 11.8. The number of fused-ring (bicyclic) bond motifs is 2. The number of hydrogen-bond donors (Lipinski definition) is 1. The first-order chi connectivity index (χ1) is 19.7. The van der Waals surface area contributed by atoms with E-state index in [0.717, 1.165) is 17.5 Å². The Kier molecular flexibility index (Phi) is 8.20. The zero-order valence-electron chi connectivity index (χ0n) is 23.8. The van der Waals surface area contributed by atoms with Crippen molar-refractivity contribution in [2.75, 3.05) is 26.3 Å². The number of benzene rings is 1. The molecule has 2 bridgehead atoms. The minimum absolute atomic E-state index is 0.0453. The largest absolute Gasteiger partial charge is 0.480 e. The van der Waals surface area contributed by atoms with Gasteiger partial charge in [-0.15, -0.1) is 5.10 Å². The first-order valence-electron chi connectivity index (χ1n) is 13.5. The summed E-state index contributed by atoms with van der Waals surface area (Å²) in [5.74, 6) is 1.40. The van der Waals surface area contributed by atoms with Crippen LogP contribution in [0, 0.1) is 0 Å². The van der Waals surface area contributed by atoms with Crippen LogP contribution in [-0.2, 0) is 9.47 Å². The fraction of sp³-hybridized carbons (Fsp3) is 0.483. The molecular weight excluding hydrogens is 531 g/mol. The maximum Gasteiger partial charge on any atom is 0.410 e. The summed E-state index contributed by atoms with van der Waals surface area (Å²) >= 11 is 0. The SMILES string of the molecule is COCOc1cc(-c2cnnc(OC)c2)ccc1-c1cnc(N[C@@H]2C[C@H]3CC[C@@H]([C@@H]2F)N3C(=O)OC(C)(C)C)cn1. The van der Waals surface area contributed by atoms with Crippen LogP contribution in [0.15, 0.2) is 42.9 Å². The van der Waals surface area contributed by atoms with Gasteiger partial charge in [0.15, 0.2) is 6.79 Å². The van der Waals surface area contributed by atoms with Crippen LogP contribution in [0.1, 0.15) is 40.0 Å². The van der Waals surface area contributed by atoms with Crippen molar-refractivity contribution >= 4 is 11.9 Å². The first-order valence-corrected chi connectivity index (χ1v) is 13.5. The molecule has 2 aliphatic heterocycles. The number of piperidine rings is 1. The zero-order chi connectivity index (χ0) is 29.1. The third-order valence-corrected chi connectivity index (χ3v) is 7.18. The van der Waals surface area contributed by atoms with Gasteiger partial charge in [0.2, 0.25) is 5.88 Å². The van der Waals surface area contributed by atoms with E-state index >= 15 is 4.39 Å². The molecule has 0 saturated carbocycles. The number of methoxy groups -OCH3 is 2. The van der Waals surface area contributed by atoms with Crippen molar-refractivity contribution in [3.63, 3.8) is 0 Å². The molecule has 4 heterocycles. The second-order valence-electron chi connectivity index (χ2n) is 11.2. The average Bonchev–Trinajstić information content (AvgIpc) is 3.31. The molecular formula is C29H35FN6O5. The molecule has 12 heteroatoms. The number of ether oxygens (including phenoxy) is 4. The lowest BCUT2D eigenvalue weighted by Gasteiger charge is -2.41. The number of rotatable bonds is 8. The highest BCUT2D eigenvalue weighted by molar-refractivity contribution is 5.74. The lowest BCUT2D eigenvalue weighted by atomic mass is 9.95. The summed E-state index contributed by atoms with van der Waals surface area (Å²) in [6, 6.07) is 6.35. The number of hydrogen-bond acceptors (Lipinski definition) is 10. The van der Waals surface area contributed by atoms with Crippen molar-refractivity contribution in [1.82, 2.24) is 25.1 Å². The van der Waals surface area contributed by atoms with E-state index in [1.807, 2.05) is 39.0 Å². The van der Waals surface area contributed by atoms with Gasteiger partial charge in [-0.2, -0.15) is 5.10 Å². The van der Waals surface area contributed by atoms with E-state index in [2.05, 4.69) is 25.5 Å². The van der Waals surface area contributed by atoms with Crippen LogP contribution in [0.25, 0.3) is 22.4 Å². The zero-order valence-corrected chi connectivity index (χ0v) is 23.8. The number of halogens is 1. The third-order valence-electron chi connectivity index (χ3n) is 7.18. The number of aromatic nitrogens is 4. The van der Waals surface area contributed by atoms with Gasteiger partial charge in [-0.3, -0.25) is 9.88 Å². The summed E-state index contributed by atoms with van der Waals surface area (Å²) in [6.07, 6.45) is 4.94. The number of carbonyl (C=O) groups excluding carboxylic acids is 1. The molecule has 2 fully saturated rings. The number of alkyl halides is 1. The fourth-order valence-electron chi connectivity index (χ4n) is 5.38. The molecule has 218 valence electrons. The van der Waals surface area contributed by atoms with Gasteiger partial charge in [-0.1, -0.05) is 6.07 Å². The molecule has 2 saturated heterocycles. The molecule has 1 aromatic carbocycles. The smallest absolute Gasteiger partial charge is 0.410 e. The standard InChI is InChI=1S/C29H35FN6O5/c1-29(2,3)41-28(37)36-19-7-9-23(36)27(30)21(12-19)34-25-15-31-22(14-32-25)20-8-6-17(10-24(20)40-16-38-4)18-11-26(39-5)35-33-13-18/h6,8,10-11,13-15,19,21,23,27H,7,9,12,16H2,1-5H3,(H,32,34)/t19-,21-,23+,27-/m1/s1. The van der Waals surface area contributed by atoms with Crippen LogP contribution < -0.4 is 14.8 Å². The normalized spacial score (nSPS) is 21.9. The summed E-state index contributed by atoms with van der Waals surface area (Å²) in [5, 5.41) is 11.1. The Morgan fingerprint density at radius 2 is 1.93 bits per heavy atom. The maximum atomic E-state index is 15.6. The Balaban J connectivity index is 1.31. The molecule has 0 unspecified atom stereocenters. The van der Waals surface area contributed by atoms with Gasteiger partial charge >= 0.3 is 6.09 Å². The second-order valence-corrected chi connectivity index (χ2v) is 11.2. The molecule has 1 N–H and O–H groups in total. The topological polar surface area (TPSA) is 121 Å². The van der Waals surface area contributed by atoms with E-state index in [0.29, 0.717) is 41.5 Å². The maximum absolute atomic E-state index is 15.6. The van der Waals surface area contributed by atoms with Gasteiger partial charge in [0.05, 0.1) is 43.5 Å². The summed E-state index contributed by atoms with van der Waals surface area (Å²) < 4.78 is 37.3. The lowest BCUT2D eigenvalue weighted by molar-refractivity contribution is -0.00834. The molecule has 1 amide bonds. The van der Waals surface area contributed by atoms with E-state index in [-0.39, 0.29) is 12.8 Å². The molecule has 4 atom stereocenters. The molecule has 41 heavy (non-hydrogen) atoms. The Morgan fingerprint density at radius 3 is 2.63 bits per heavy atom. The van der Waals surface area contributed by atoms with Gasteiger partial charge in [-0.25, -0.2) is 14.2 Å². The van der Waals surface area contributed by atoms with Gasteiger partial charge in [0.1, 0.15) is 23.3 Å².